The molecule has 0 spiro atoms. The number of anilines is 1. The number of sulfonamides is 1. The molecule has 0 unspecified atom stereocenters. The summed E-state index contributed by atoms with van der Waals surface area (Å²) in [6.45, 7) is 1.21. The molecule has 0 saturated heterocycles. The Bertz CT molecular complexity index is 1040. The third-order valence-corrected chi connectivity index (χ3v) is 5.65. The molecule has 29 heavy (non-hydrogen) atoms. The maximum Gasteiger partial charge on any atom is 0.243 e. The van der Waals surface area contributed by atoms with Gasteiger partial charge in [-0.25, -0.2) is 13.1 Å². The second-order valence-electron chi connectivity index (χ2n) is 6.24. The number of nitrogens with one attached hydrogen (secondary N) is 2. The third kappa shape index (κ3) is 5.88. The molecule has 2 N–H and O–H groups in total. The van der Waals surface area contributed by atoms with Crippen LogP contribution >= 0.6 is 0 Å². The molecule has 2 rings (SSSR count). The Labute approximate surface area is 170 Å². The van der Waals surface area contributed by atoms with Crippen molar-refractivity contribution in [2.75, 3.05) is 25.5 Å². The van der Waals surface area contributed by atoms with Gasteiger partial charge in [-0.3, -0.25) is 9.59 Å². The highest BCUT2D eigenvalue weighted by Crippen LogP contribution is 2.15. The molecule has 152 valence electrons. The molecule has 0 radical (unpaired) electrons. The van der Waals surface area contributed by atoms with Crippen LogP contribution in [0.1, 0.15) is 18.1 Å². The van der Waals surface area contributed by atoms with Crippen LogP contribution < -0.4 is 10.0 Å². The summed E-state index contributed by atoms with van der Waals surface area (Å²) in [5, 5.41) is 11.8. The fourth-order valence-electron chi connectivity index (χ4n) is 2.61. The van der Waals surface area contributed by atoms with Crippen molar-refractivity contribution in [2.45, 2.75) is 18.2 Å². The van der Waals surface area contributed by atoms with Crippen molar-refractivity contribution in [1.82, 2.24) is 9.62 Å². The molecular weight excluding hydrogens is 392 g/mol. The zero-order valence-electron chi connectivity index (χ0n) is 16.2. The van der Waals surface area contributed by atoms with Gasteiger partial charge < -0.3 is 10.2 Å². The van der Waals surface area contributed by atoms with Gasteiger partial charge in [-0.1, -0.05) is 37.3 Å². The van der Waals surface area contributed by atoms with Gasteiger partial charge in [0.05, 0.1) is 23.5 Å². The highest BCUT2D eigenvalue weighted by Gasteiger charge is 2.21. The minimum absolute atomic E-state index is 0.0187. The van der Waals surface area contributed by atoms with Gasteiger partial charge in [0, 0.05) is 12.7 Å². The Kier molecular flexibility index (Phi) is 7.47. The number of amides is 2. The zero-order valence-corrected chi connectivity index (χ0v) is 17.0. The van der Waals surface area contributed by atoms with Crippen molar-refractivity contribution >= 4 is 27.5 Å². The maximum absolute atomic E-state index is 12.4. The van der Waals surface area contributed by atoms with Gasteiger partial charge in [0.25, 0.3) is 0 Å². The molecule has 0 aliphatic rings. The fraction of sp³-hybridized carbons (Fsp3) is 0.250. The number of nitrogens with zero attached hydrogens (tertiary/aromatic N) is 2. The SMILES string of the molecule is CCc1ccccc1NC(=O)CN(C)C(=O)CNS(=O)(=O)c1ccccc1C#N. The zero-order chi connectivity index (χ0) is 21.4. The van der Waals surface area contributed by atoms with Crippen LogP contribution in [0.2, 0.25) is 0 Å². The van der Waals surface area contributed by atoms with Crippen LogP contribution in [-0.2, 0) is 26.0 Å². The minimum Gasteiger partial charge on any atom is -0.335 e. The second-order valence-corrected chi connectivity index (χ2v) is 7.98. The largest absolute Gasteiger partial charge is 0.335 e. The van der Waals surface area contributed by atoms with Crippen molar-refractivity contribution < 1.29 is 18.0 Å². The summed E-state index contributed by atoms with van der Waals surface area (Å²) in [5.41, 5.74) is 1.63. The topological polar surface area (TPSA) is 119 Å². The minimum atomic E-state index is -4.04. The average molecular weight is 414 g/mol. The lowest BCUT2D eigenvalue weighted by atomic mass is 10.1. The fourth-order valence-corrected chi connectivity index (χ4v) is 3.74. The molecule has 2 aromatic rings. The first-order valence-corrected chi connectivity index (χ1v) is 10.4. The van der Waals surface area contributed by atoms with Gasteiger partial charge in [-0.05, 0) is 30.2 Å². The molecule has 9 heteroatoms. The van der Waals surface area contributed by atoms with Crippen molar-refractivity contribution in [1.29, 1.82) is 5.26 Å². The van der Waals surface area contributed by atoms with Gasteiger partial charge in [0.2, 0.25) is 21.8 Å². The molecule has 0 aromatic heterocycles. The second kappa shape index (κ2) is 9.82. The van der Waals surface area contributed by atoms with Gasteiger partial charge in [-0.2, -0.15) is 5.26 Å². The molecule has 8 nitrogen and oxygen atoms in total. The van der Waals surface area contributed by atoms with Gasteiger partial charge >= 0.3 is 0 Å². The average Bonchev–Trinajstić information content (AvgIpc) is 2.72. The lowest BCUT2D eigenvalue weighted by molar-refractivity contribution is -0.132. The molecule has 0 aliphatic heterocycles. The molecule has 0 saturated carbocycles. The van der Waals surface area contributed by atoms with Crippen LogP contribution in [-0.4, -0.2) is 45.3 Å². The number of para-hydroxylation sites is 1. The molecule has 0 bridgehead atoms. The third-order valence-electron chi connectivity index (χ3n) is 4.19. The summed E-state index contributed by atoms with van der Waals surface area (Å²) < 4.78 is 26.9. The number of nitriles is 1. The molecule has 0 heterocycles. The lowest BCUT2D eigenvalue weighted by Crippen LogP contribution is -2.41. The number of hydrogen-bond acceptors (Lipinski definition) is 5. The Hall–Kier alpha value is -3.22. The molecular formula is C20H22N4O4S. The quantitative estimate of drug-likeness (QED) is 0.678. The Morgan fingerprint density at radius 1 is 1.10 bits per heavy atom. The normalized spacial score (nSPS) is 10.8. The Morgan fingerprint density at radius 2 is 1.76 bits per heavy atom. The van der Waals surface area contributed by atoms with Crippen molar-refractivity contribution in [3.8, 4) is 6.07 Å². The van der Waals surface area contributed by atoms with Gasteiger partial charge in [0.1, 0.15) is 6.07 Å². The number of likely N-dealkylation sites (N-methyl/N-ethyl adjacent to an activating group) is 1. The van der Waals surface area contributed by atoms with E-state index in [4.69, 9.17) is 5.26 Å². The van der Waals surface area contributed by atoms with Crippen LogP contribution in [0.4, 0.5) is 5.69 Å². The monoisotopic (exact) mass is 414 g/mol. The summed E-state index contributed by atoms with van der Waals surface area (Å²) in [4.78, 5) is 25.4. The van der Waals surface area contributed by atoms with Crippen molar-refractivity contribution in [3.63, 3.8) is 0 Å². The van der Waals surface area contributed by atoms with Gasteiger partial charge in [0.15, 0.2) is 0 Å². The first-order valence-electron chi connectivity index (χ1n) is 8.89. The van der Waals surface area contributed by atoms with Crippen molar-refractivity contribution in [3.05, 3.63) is 59.7 Å². The van der Waals surface area contributed by atoms with Crippen molar-refractivity contribution in [2.24, 2.45) is 0 Å². The standard InChI is InChI=1S/C20H22N4O4S/c1-3-15-8-4-6-10-17(15)23-19(25)14-24(2)20(26)13-22-29(27,28)18-11-7-5-9-16(18)12-21/h4-11,22H,3,13-14H2,1-2H3,(H,23,25). The summed E-state index contributed by atoms with van der Waals surface area (Å²) >= 11 is 0. The Balaban J connectivity index is 1.95. The molecule has 2 aromatic carbocycles. The smallest absolute Gasteiger partial charge is 0.243 e. The van der Waals surface area contributed by atoms with E-state index in [1.54, 1.807) is 24.3 Å². The Morgan fingerprint density at radius 3 is 2.45 bits per heavy atom. The summed E-state index contributed by atoms with van der Waals surface area (Å²) in [6, 6.07) is 14.9. The first kappa shape index (κ1) is 22.1. The predicted octanol–water partition coefficient (Wildman–Crippen LogP) is 1.50. The van der Waals surface area contributed by atoms with E-state index in [2.05, 4.69) is 10.0 Å². The van der Waals surface area contributed by atoms with E-state index < -0.39 is 22.5 Å². The summed E-state index contributed by atoms with van der Waals surface area (Å²) in [6.07, 6.45) is 0.747. The summed E-state index contributed by atoms with van der Waals surface area (Å²) in [7, 11) is -2.63. The van der Waals surface area contributed by atoms with Crippen LogP contribution in [0.25, 0.3) is 0 Å². The van der Waals surface area contributed by atoms with Crippen LogP contribution in [0.5, 0.6) is 0 Å². The highest BCUT2D eigenvalue weighted by molar-refractivity contribution is 7.89. The molecule has 0 aliphatic carbocycles. The van der Waals surface area contributed by atoms with E-state index >= 15 is 0 Å². The van der Waals surface area contributed by atoms with Crippen LogP contribution in [0.15, 0.2) is 53.4 Å². The number of aryl methyl sites for hydroxylation is 1. The maximum atomic E-state index is 12.4. The first-order chi connectivity index (χ1) is 13.8. The van der Waals surface area contributed by atoms with E-state index in [0.29, 0.717) is 5.69 Å². The van der Waals surface area contributed by atoms with E-state index in [9.17, 15) is 18.0 Å². The number of rotatable bonds is 8. The molecule has 0 fully saturated rings. The van der Waals surface area contributed by atoms with E-state index in [1.807, 2.05) is 19.1 Å². The number of hydrogen-bond donors (Lipinski definition) is 2. The number of benzene rings is 2. The number of carbonyl (C=O) groups excluding carboxylic acids is 2. The van der Waals surface area contributed by atoms with Crippen LogP contribution in [0.3, 0.4) is 0 Å². The van der Waals surface area contributed by atoms with Crippen LogP contribution in [0, 0.1) is 11.3 Å². The van der Waals surface area contributed by atoms with E-state index in [1.165, 1.54) is 25.2 Å². The molecule has 0 atom stereocenters. The predicted molar refractivity (Wildman–Crippen MR) is 108 cm³/mol. The van der Waals surface area contributed by atoms with Gasteiger partial charge in [-0.15, -0.1) is 0 Å². The lowest BCUT2D eigenvalue weighted by Gasteiger charge is -2.18. The molecule has 2 amide bonds. The van der Waals surface area contributed by atoms with E-state index in [0.717, 1.165) is 16.9 Å². The number of carbonyl (C=O) groups is 2. The van der Waals surface area contributed by atoms with E-state index in [-0.39, 0.29) is 22.9 Å². The summed E-state index contributed by atoms with van der Waals surface area (Å²) in [5.74, 6) is -0.971. The highest BCUT2D eigenvalue weighted by atomic mass is 32.2.